The second-order valence-corrected chi connectivity index (χ2v) is 21.4. The number of methoxy groups -OCH3 is 1. The lowest BCUT2D eigenvalue weighted by Crippen LogP contribution is -2.50. The van der Waals surface area contributed by atoms with Crippen LogP contribution in [0.4, 0.5) is 11.4 Å². The molecule has 1 amide bonds. The van der Waals surface area contributed by atoms with Gasteiger partial charge in [0.05, 0.1) is 47.4 Å². The van der Waals surface area contributed by atoms with Crippen LogP contribution in [0.3, 0.4) is 0 Å². The number of likely N-dealkylation sites (tertiary alicyclic amines) is 1. The van der Waals surface area contributed by atoms with Crippen molar-refractivity contribution < 1.29 is 53.8 Å². The van der Waals surface area contributed by atoms with Gasteiger partial charge < -0.3 is 54.5 Å². The number of carbonyl (C=O) groups excluding carboxylic acids is 3. The Balaban J connectivity index is 1.17. The molecule has 6 heterocycles. The number of rotatable bonds is 7. The van der Waals surface area contributed by atoms with Gasteiger partial charge in [0, 0.05) is 119 Å². The number of benzene rings is 3. The van der Waals surface area contributed by atoms with E-state index < -0.39 is 82.9 Å². The third-order valence-corrected chi connectivity index (χ3v) is 15.7. The Morgan fingerprint density at radius 2 is 1.53 bits per heavy atom. The van der Waals surface area contributed by atoms with Gasteiger partial charge in [0.1, 0.15) is 28.6 Å². The number of fused-ring (bicyclic) bond motifs is 13. The van der Waals surface area contributed by atoms with E-state index >= 15 is 0 Å². The SMILES string of the molecule is CO[C@H]1/C=C/O[C@@]2(C)Oc3c(C)c(O)c4c(O)c(c5c(c4c3C2=O)=NC2(CCN(CC(C)C)CC2)N=5)NC(=O)/C(C)=C\C=C\[C@H](C)[C@H](O)[C@@H](C)[C@@H](O)[C@@H](C)[C@H](OC(=O)CN2CCN(c3ccccc3)CC2)[C@@H]1C. The highest BCUT2D eigenvalue weighted by Gasteiger charge is 2.50. The van der Waals surface area contributed by atoms with Crippen molar-refractivity contribution in [3.63, 3.8) is 0 Å². The van der Waals surface area contributed by atoms with Gasteiger partial charge in [0.15, 0.2) is 11.4 Å². The zero-order valence-corrected chi connectivity index (χ0v) is 43.9. The summed E-state index contributed by atoms with van der Waals surface area (Å²) in [5, 5.41) is 51.2. The first-order valence-electron chi connectivity index (χ1n) is 25.8. The van der Waals surface area contributed by atoms with Crippen LogP contribution in [-0.4, -0.2) is 143 Å². The molecule has 6 aliphatic rings. The van der Waals surface area contributed by atoms with Gasteiger partial charge in [-0.15, -0.1) is 0 Å². The van der Waals surface area contributed by atoms with Gasteiger partial charge in [0.2, 0.25) is 0 Å². The monoisotopic (exact) mass is 1010 g/mol. The van der Waals surface area contributed by atoms with Gasteiger partial charge >= 0.3 is 11.8 Å². The molecule has 5 N–H and O–H groups in total. The van der Waals surface area contributed by atoms with E-state index in [4.69, 9.17) is 28.9 Å². The Hall–Kier alpha value is -5.85. The van der Waals surface area contributed by atoms with Crippen molar-refractivity contribution in [2.45, 2.75) is 111 Å². The number of nitrogens with zero attached hydrogens (tertiary/aromatic N) is 5. The number of aromatic hydroxyl groups is 2. The zero-order chi connectivity index (χ0) is 52.7. The summed E-state index contributed by atoms with van der Waals surface area (Å²) in [6.07, 6.45) is 4.98. The molecule has 9 rings (SSSR count). The number of Topliss-reactive ketones (excluding diaryl/α,β-unsaturated/α-hetero) is 1. The third-order valence-electron chi connectivity index (χ3n) is 15.7. The lowest BCUT2D eigenvalue weighted by atomic mass is 9.78. The molecular formula is C56H74N6O11. The van der Waals surface area contributed by atoms with E-state index in [0.717, 1.165) is 25.3 Å². The number of para-hydroxylation sites is 1. The molecule has 0 saturated carbocycles. The van der Waals surface area contributed by atoms with Crippen molar-refractivity contribution >= 4 is 39.8 Å². The Bertz CT molecular complexity index is 2800. The highest BCUT2D eigenvalue weighted by Crippen LogP contribution is 2.50. The summed E-state index contributed by atoms with van der Waals surface area (Å²) < 4.78 is 25.0. The summed E-state index contributed by atoms with van der Waals surface area (Å²) in [5.74, 6) is -6.54. The number of carbonyl (C=O) groups is 3. The fraction of sp³-hybridized carbons (Fsp3) is 0.554. The predicted octanol–water partition coefficient (Wildman–Crippen LogP) is 5.55. The molecule has 394 valence electrons. The van der Waals surface area contributed by atoms with E-state index in [1.807, 2.05) is 30.0 Å². The lowest BCUT2D eigenvalue weighted by Gasteiger charge is -2.39. The minimum Gasteiger partial charge on any atom is -0.507 e. The number of hydrogen-bond donors (Lipinski definition) is 5. The summed E-state index contributed by atoms with van der Waals surface area (Å²) in [5.41, 5.74) is 0.529. The summed E-state index contributed by atoms with van der Waals surface area (Å²) in [4.78, 5) is 60.1. The maximum atomic E-state index is 15.0. The normalized spacial score (nSPS) is 30.8. The molecule has 3 aromatic carbocycles. The predicted molar refractivity (Wildman–Crippen MR) is 277 cm³/mol. The van der Waals surface area contributed by atoms with Gasteiger partial charge in [-0.25, -0.2) is 0 Å². The number of phenolic OH excluding ortho intramolecular Hbond substituents is 2. The molecule has 1 spiro atoms. The molecule has 0 unspecified atom stereocenters. The maximum absolute atomic E-state index is 15.0. The van der Waals surface area contributed by atoms with Crippen molar-refractivity contribution in [3.05, 3.63) is 88.3 Å². The van der Waals surface area contributed by atoms with Gasteiger partial charge in [-0.05, 0) is 38.0 Å². The lowest BCUT2D eigenvalue weighted by molar-refractivity contribution is -0.164. The number of ketones is 1. The summed E-state index contributed by atoms with van der Waals surface area (Å²) in [6, 6.07) is 10.1. The van der Waals surface area contributed by atoms with E-state index in [9.17, 15) is 34.8 Å². The van der Waals surface area contributed by atoms with Crippen LogP contribution in [0.2, 0.25) is 0 Å². The third kappa shape index (κ3) is 10.6. The minimum atomic E-state index is -1.98. The van der Waals surface area contributed by atoms with Crippen LogP contribution in [0.1, 0.15) is 84.2 Å². The number of anilines is 2. The fourth-order valence-corrected chi connectivity index (χ4v) is 11.2. The number of aliphatic hydroxyl groups is 2. The molecule has 0 aromatic heterocycles. The number of phenols is 2. The zero-order valence-electron chi connectivity index (χ0n) is 43.9. The summed E-state index contributed by atoms with van der Waals surface area (Å²) in [7, 11) is 1.50. The molecule has 0 radical (unpaired) electrons. The minimum absolute atomic E-state index is 0.0276. The topological polar surface area (TPSA) is 216 Å². The number of ether oxygens (including phenoxy) is 4. The van der Waals surface area contributed by atoms with E-state index in [1.54, 1.807) is 58.9 Å². The van der Waals surface area contributed by atoms with Gasteiger partial charge in [-0.1, -0.05) is 78.0 Å². The number of aliphatic hydroxyl groups excluding tert-OH is 2. The van der Waals surface area contributed by atoms with E-state index in [0.29, 0.717) is 44.9 Å². The first kappa shape index (κ1) is 53.4. The number of esters is 1. The van der Waals surface area contributed by atoms with Crippen molar-refractivity contribution in [1.82, 2.24) is 9.80 Å². The van der Waals surface area contributed by atoms with Gasteiger partial charge in [-0.2, -0.15) is 0 Å². The molecule has 2 fully saturated rings. The Morgan fingerprint density at radius 1 is 0.863 bits per heavy atom. The van der Waals surface area contributed by atoms with Crippen LogP contribution in [0.15, 0.2) is 76.5 Å². The Morgan fingerprint density at radius 3 is 2.19 bits per heavy atom. The Labute approximate surface area is 427 Å². The van der Waals surface area contributed by atoms with E-state index in [2.05, 4.69) is 41.1 Å². The van der Waals surface area contributed by atoms with Crippen LogP contribution >= 0.6 is 0 Å². The number of hydrogen-bond acceptors (Lipinski definition) is 16. The average molecular weight is 1010 g/mol. The standard InChI is InChI=1S/C56H74N6O11/c1-31(2)29-60-22-20-56(21-23-60)58-44-41-42-49(66)37(8)52-43(41)53(68)55(9,73-52)71-28-19-39(70-10)34(5)51(72-40(63)30-61-24-26-62(27-25-61)38-17-12-11-13-18-38)36(7)48(65)35(6)47(64)32(3)15-14-16-33(4)54(69)57-46(50(42)67)45(44)59-56/h11-19,28,31-32,34-36,39,47-48,51,64-67H,20-27,29-30H2,1-10H3,(H,57,69)/b15-14+,28-19+,33-16-/t32-,34+,35+,36+,39-,47-,48+,51+,55-/m0/s1. The molecule has 9 atom stereocenters. The molecule has 17 nitrogen and oxygen atoms in total. The molecule has 5 bridgehead atoms. The second kappa shape index (κ2) is 21.5. The molecule has 2 saturated heterocycles. The smallest absolute Gasteiger partial charge is 0.320 e. The van der Waals surface area contributed by atoms with Crippen molar-refractivity contribution in [3.8, 4) is 17.2 Å². The van der Waals surface area contributed by atoms with Crippen molar-refractivity contribution in [2.75, 3.05) is 69.7 Å². The molecule has 17 heteroatoms. The quantitative estimate of drug-likeness (QED) is 0.145. The van der Waals surface area contributed by atoms with Crippen LogP contribution in [-0.2, 0) is 23.8 Å². The Kier molecular flexibility index (Phi) is 15.8. The first-order valence-corrected chi connectivity index (χ1v) is 25.8. The molecule has 3 aromatic rings. The van der Waals surface area contributed by atoms with Gasteiger partial charge in [0.25, 0.3) is 11.7 Å². The van der Waals surface area contributed by atoms with Crippen LogP contribution < -0.4 is 25.7 Å². The fourth-order valence-electron chi connectivity index (χ4n) is 11.2. The second-order valence-electron chi connectivity index (χ2n) is 21.4. The van der Waals surface area contributed by atoms with Gasteiger partial charge in [-0.3, -0.25) is 29.3 Å². The summed E-state index contributed by atoms with van der Waals surface area (Å²) >= 11 is 0. The number of piperazine rings is 1. The van der Waals surface area contributed by atoms with E-state index in [-0.39, 0.29) is 61.9 Å². The number of nitrogens with one attached hydrogen (secondary N) is 1. The highest BCUT2D eigenvalue weighted by molar-refractivity contribution is 6.19. The van der Waals surface area contributed by atoms with Crippen LogP contribution in [0, 0.1) is 36.5 Å². The van der Waals surface area contributed by atoms with Crippen LogP contribution in [0.5, 0.6) is 17.2 Å². The number of amides is 1. The molecule has 6 aliphatic heterocycles. The first-order chi connectivity index (χ1) is 34.7. The number of allylic oxidation sites excluding steroid dienone is 2. The van der Waals surface area contributed by atoms with E-state index in [1.165, 1.54) is 20.3 Å². The average Bonchev–Trinajstić information content (AvgIpc) is 3.87. The van der Waals surface area contributed by atoms with Crippen molar-refractivity contribution in [1.29, 1.82) is 0 Å². The number of piperidine rings is 1. The summed E-state index contributed by atoms with van der Waals surface area (Å²) in [6.45, 7) is 21.2. The molecule has 0 aliphatic carbocycles. The van der Waals surface area contributed by atoms with Crippen molar-refractivity contribution in [2.24, 2.45) is 39.6 Å². The highest BCUT2D eigenvalue weighted by atomic mass is 16.7. The molecule has 73 heavy (non-hydrogen) atoms. The van der Waals surface area contributed by atoms with Crippen LogP contribution in [0.25, 0.3) is 10.8 Å². The maximum Gasteiger partial charge on any atom is 0.320 e. The molecular weight excluding hydrogens is 933 g/mol. The largest absolute Gasteiger partial charge is 0.507 e.